The smallest absolute Gasteiger partial charge is 0.411 e. The molecule has 1 saturated heterocycles. The minimum atomic E-state index is -0.906. The molecule has 11 heteroatoms. The number of carbonyl (C=O) groups is 3. The number of esters is 1. The molecular weight excluding hydrogens is 558 g/mol. The quantitative estimate of drug-likeness (QED) is 0.157. The van der Waals surface area contributed by atoms with Crippen molar-refractivity contribution in [3.8, 4) is 5.75 Å². The van der Waals surface area contributed by atoms with Gasteiger partial charge in [0.05, 0.1) is 24.2 Å². The van der Waals surface area contributed by atoms with Crippen molar-refractivity contribution in [2.24, 2.45) is 0 Å². The van der Waals surface area contributed by atoms with Gasteiger partial charge in [-0.15, -0.1) is 0 Å². The number of fused-ring (bicyclic) bond motifs is 1. The van der Waals surface area contributed by atoms with E-state index < -0.39 is 35.7 Å². The Kier molecular flexibility index (Phi) is 8.04. The molecule has 0 saturated carbocycles. The van der Waals surface area contributed by atoms with Crippen molar-refractivity contribution in [3.05, 3.63) is 94.9 Å². The lowest BCUT2D eigenvalue weighted by Crippen LogP contribution is -2.31. The summed E-state index contributed by atoms with van der Waals surface area (Å²) >= 11 is 5.24. The van der Waals surface area contributed by atoms with Crippen LogP contribution in [0.3, 0.4) is 0 Å². The lowest BCUT2D eigenvalue weighted by Gasteiger charge is -2.20. The second-order valence-electron chi connectivity index (χ2n) is 10.8. The van der Waals surface area contributed by atoms with Crippen molar-refractivity contribution in [1.82, 2.24) is 14.2 Å². The van der Waals surface area contributed by atoms with Crippen molar-refractivity contribution < 1.29 is 33.4 Å². The SMILES string of the molecule is COC(=O)c1cc(OCc2ccccc2)c2ccn(C[C@H]3[C@H](C(=O)On4ccccc4=S)N3C(=O)OC(C)(C)C)c2c1. The van der Waals surface area contributed by atoms with Gasteiger partial charge in [-0.25, -0.2) is 14.4 Å². The Labute approximate surface area is 247 Å². The molecule has 2 aromatic carbocycles. The Bertz CT molecular complexity index is 1690. The fourth-order valence-corrected chi connectivity index (χ4v) is 4.83. The maximum Gasteiger partial charge on any atom is 0.411 e. The van der Waals surface area contributed by atoms with Crippen molar-refractivity contribution in [3.63, 3.8) is 0 Å². The predicted molar refractivity (Wildman–Crippen MR) is 157 cm³/mol. The highest BCUT2D eigenvalue weighted by atomic mass is 32.1. The maximum atomic E-state index is 13.2. The number of pyridine rings is 1. The minimum Gasteiger partial charge on any atom is -0.488 e. The molecule has 1 fully saturated rings. The van der Waals surface area contributed by atoms with Crippen LogP contribution in [0.4, 0.5) is 4.79 Å². The van der Waals surface area contributed by atoms with Crippen LogP contribution in [0.2, 0.25) is 0 Å². The molecule has 218 valence electrons. The first-order valence-electron chi connectivity index (χ1n) is 13.3. The zero-order chi connectivity index (χ0) is 30.0. The number of amides is 1. The van der Waals surface area contributed by atoms with Gasteiger partial charge in [-0.2, -0.15) is 4.73 Å². The van der Waals surface area contributed by atoms with Crippen LogP contribution < -0.4 is 9.57 Å². The van der Waals surface area contributed by atoms with Crippen LogP contribution in [-0.4, -0.2) is 57.0 Å². The number of carbonyl (C=O) groups excluding carboxylic acids is 3. The molecule has 4 aromatic rings. The highest BCUT2D eigenvalue weighted by Gasteiger charge is 2.58. The fourth-order valence-electron chi connectivity index (χ4n) is 4.65. The van der Waals surface area contributed by atoms with Gasteiger partial charge in [-0.3, -0.25) is 4.90 Å². The monoisotopic (exact) mass is 589 g/mol. The van der Waals surface area contributed by atoms with E-state index in [2.05, 4.69) is 0 Å². The summed E-state index contributed by atoms with van der Waals surface area (Å²) in [6.07, 6.45) is 2.72. The van der Waals surface area contributed by atoms with Crippen LogP contribution in [-0.2, 0) is 27.4 Å². The van der Waals surface area contributed by atoms with Gasteiger partial charge in [-0.1, -0.05) is 48.6 Å². The van der Waals surface area contributed by atoms with E-state index in [1.54, 1.807) is 51.1 Å². The van der Waals surface area contributed by atoms with Crippen LogP contribution in [0.1, 0.15) is 36.7 Å². The number of hydrogen-bond donors (Lipinski definition) is 0. The Balaban J connectivity index is 1.45. The number of benzene rings is 2. The normalized spacial score (nSPS) is 16.1. The largest absolute Gasteiger partial charge is 0.488 e. The summed E-state index contributed by atoms with van der Waals surface area (Å²) in [6, 6.07) is 18.5. The summed E-state index contributed by atoms with van der Waals surface area (Å²) in [5, 5.41) is 0.762. The number of methoxy groups -OCH3 is 1. The third kappa shape index (κ3) is 6.31. The first-order chi connectivity index (χ1) is 20.1. The second kappa shape index (κ2) is 11.7. The molecule has 10 nitrogen and oxygen atoms in total. The van der Waals surface area contributed by atoms with Crippen molar-refractivity contribution in [2.45, 2.75) is 51.6 Å². The van der Waals surface area contributed by atoms with Crippen LogP contribution in [0.15, 0.2) is 79.1 Å². The van der Waals surface area contributed by atoms with Crippen molar-refractivity contribution in [2.75, 3.05) is 7.11 Å². The molecule has 1 aliphatic rings. The number of hydrogen-bond acceptors (Lipinski definition) is 8. The molecule has 3 heterocycles. The van der Waals surface area contributed by atoms with Crippen LogP contribution in [0, 0.1) is 4.64 Å². The van der Waals surface area contributed by atoms with E-state index in [1.807, 2.05) is 47.2 Å². The molecular formula is C31H31N3O7S. The molecule has 0 spiro atoms. The number of ether oxygens (including phenoxy) is 3. The van der Waals surface area contributed by atoms with Gasteiger partial charge in [0.1, 0.15) is 22.6 Å². The Morgan fingerprint density at radius 3 is 2.38 bits per heavy atom. The third-order valence-electron chi connectivity index (χ3n) is 6.65. The van der Waals surface area contributed by atoms with Gasteiger partial charge >= 0.3 is 18.0 Å². The average Bonchev–Trinajstić information content (AvgIpc) is 3.54. The van der Waals surface area contributed by atoms with Gasteiger partial charge in [0.2, 0.25) is 0 Å². The van der Waals surface area contributed by atoms with Gasteiger partial charge in [0, 0.05) is 24.3 Å². The van der Waals surface area contributed by atoms with Crippen LogP contribution >= 0.6 is 12.2 Å². The van der Waals surface area contributed by atoms with Gasteiger partial charge in [0.15, 0.2) is 6.04 Å². The number of aromatic nitrogens is 2. The van der Waals surface area contributed by atoms with Gasteiger partial charge in [0.25, 0.3) is 0 Å². The van der Waals surface area contributed by atoms with Crippen LogP contribution in [0.25, 0.3) is 10.9 Å². The highest BCUT2D eigenvalue weighted by molar-refractivity contribution is 7.71. The Hall–Kier alpha value is -4.64. The topological polar surface area (TPSA) is 101 Å². The van der Waals surface area contributed by atoms with E-state index in [9.17, 15) is 14.4 Å². The molecule has 0 radical (unpaired) electrons. The minimum absolute atomic E-state index is 0.228. The fraction of sp³-hybridized carbons (Fsp3) is 0.290. The van der Waals surface area contributed by atoms with Crippen LogP contribution in [0.5, 0.6) is 5.75 Å². The zero-order valence-corrected chi connectivity index (χ0v) is 24.5. The molecule has 0 bridgehead atoms. The highest BCUT2D eigenvalue weighted by Crippen LogP contribution is 2.36. The van der Waals surface area contributed by atoms with E-state index in [4.69, 9.17) is 31.3 Å². The Morgan fingerprint density at radius 2 is 1.69 bits per heavy atom. The van der Waals surface area contributed by atoms with E-state index in [0.29, 0.717) is 28.1 Å². The zero-order valence-electron chi connectivity index (χ0n) is 23.7. The molecule has 2 atom stereocenters. The molecule has 5 rings (SSSR count). The molecule has 0 unspecified atom stereocenters. The van der Waals surface area contributed by atoms with Crippen molar-refractivity contribution >= 4 is 41.2 Å². The molecule has 2 aromatic heterocycles. The molecule has 42 heavy (non-hydrogen) atoms. The van der Waals surface area contributed by atoms with E-state index in [0.717, 1.165) is 10.9 Å². The van der Waals surface area contributed by atoms with Gasteiger partial charge in [-0.05, 0) is 56.7 Å². The third-order valence-corrected chi connectivity index (χ3v) is 6.96. The summed E-state index contributed by atoms with van der Waals surface area (Å²) in [5.41, 5.74) is 1.19. The summed E-state index contributed by atoms with van der Waals surface area (Å²) in [5.74, 6) is -0.659. The van der Waals surface area contributed by atoms with E-state index >= 15 is 0 Å². The molecule has 0 N–H and O–H groups in total. The number of rotatable bonds is 8. The molecule has 1 amide bonds. The average molecular weight is 590 g/mol. The summed E-state index contributed by atoms with van der Waals surface area (Å²) in [4.78, 5) is 45.7. The number of nitrogens with zero attached hydrogens (tertiary/aromatic N) is 3. The second-order valence-corrected chi connectivity index (χ2v) is 11.2. The molecule has 0 aliphatic carbocycles. The van der Waals surface area contributed by atoms with E-state index in [1.165, 1.54) is 22.9 Å². The van der Waals surface area contributed by atoms with Gasteiger partial charge < -0.3 is 23.6 Å². The maximum absolute atomic E-state index is 13.2. The standard InChI is InChI=1S/C31H31N3O7S/c1-31(2,3)40-30(37)34-24(27(34)29(36)41-33-14-9-8-12-26(33)42)18-32-15-13-22-23(32)16-21(28(35)38-4)17-25(22)39-19-20-10-6-5-7-11-20/h5-17,24,27H,18-19H2,1-4H3/t24-,27+,34?/m0/s1. The predicted octanol–water partition coefficient (Wildman–Crippen LogP) is 5.18. The summed E-state index contributed by atoms with van der Waals surface area (Å²) in [6.45, 7) is 5.79. The van der Waals surface area contributed by atoms with Crippen molar-refractivity contribution in [1.29, 1.82) is 0 Å². The lowest BCUT2D eigenvalue weighted by atomic mass is 10.1. The Morgan fingerprint density at radius 1 is 0.952 bits per heavy atom. The molecule has 1 aliphatic heterocycles. The summed E-state index contributed by atoms with van der Waals surface area (Å²) in [7, 11) is 1.31. The van der Waals surface area contributed by atoms with E-state index in [-0.39, 0.29) is 6.54 Å². The first-order valence-corrected chi connectivity index (χ1v) is 13.8. The summed E-state index contributed by atoms with van der Waals surface area (Å²) < 4.78 is 20.0. The first kappa shape index (κ1) is 28.9. The lowest BCUT2D eigenvalue weighted by molar-refractivity contribution is -0.144.